The zero-order chi connectivity index (χ0) is 14.7. The van der Waals surface area contributed by atoms with Crippen LogP contribution in [-0.4, -0.2) is 10.1 Å². The number of rotatable bonds is 4. The van der Waals surface area contributed by atoms with Gasteiger partial charge in [-0.2, -0.15) is 0 Å². The van der Waals surface area contributed by atoms with Crippen molar-refractivity contribution in [2.45, 2.75) is 19.4 Å². The van der Waals surface area contributed by atoms with Crippen molar-refractivity contribution in [3.05, 3.63) is 66.4 Å². The van der Waals surface area contributed by atoms with Crippen LogP contribution >= 0.6 is 0 Å². The molecule has 1 atom stereocenters. The quantitative estimate of drug-likeness (QED) is 0.766. The molecular weight excluding hydrogens is 262 g/mol. The van der Waals surface area contributed by atoms with Crippen LogP contribution in [0.2, 0.25) is 0 Å². The largest absolute Gasteiger partial charge is 0.455 e. The summed E-state index contributed by atoms with van der Waals surface area (Å²) in [5.41, 5.74) is 1.74. The summed E-state index contributed by atoms with van der Waals surface area (Å²) in [5.74, 6) is 1.34. The fraction of sp³-hybridized carbons (Fsp3) is 0.167. The molecule has 2 aromatic carbocycles. The normalized spacial score (nSPS) is 12.3. The molecule has 3 rings (SSSR count). The molecule has 0 aliphatic carbocycles. The van der Waals surface area contributed by atoms with Crippen LogP contribution in [0.15, 0.2) is 60.8 Å². The molecule has 0 saturated heterocycles. The molecule has 0 radical (unpaired) electrons. The Balaban J connectivity index is 1.95. The van der Waals surface area contributed by atoms with E-state index in [-0.39, 0.29) is 0 Å². The zero-order valence-electron chi connectivity index (χ0n) is 11.9. The van der Waals surface area contributed by atoms with Gasteiger partial charge in [-0.25, -0.2) is 0 Å². The van der Waals surface area contributed by atoms with Gasteiger partial charge in [-0.1, -0.05) is 43.3 Å². The SMILES string of the molecule is CCC(O)c1ccccc1Oc1cnc2ccccc2c1. The smallest absolute Gasteiger partial charge is 0.146 e. The number of hydrogen-bond acceptors (Lipinski definition) is 3. The van der Waals surface area contributed by atoms with Crippen molar-refractivity contribution in [2.75, 3.05) is 0 Å². The third-order valence-electron chi connectivity index (χ3n) is 3.46. The highest BCUT2D eigenvalue weighted by Gasteiger charge is 2.12. The Labute approximate surface area is 123 Å². The Morgan fingerprint density at radius 1 is 1.10 bits per heavy atom. The van der Waals surface area contributed by atoms with E-state index in [0.29, 0.717) is 17.9 Å². The Morgan fingerprint density at radius 2 is 1.86 bits per heavy atom. The van der Waals surface area contributed by atoms with Gasteiger partial charge in [0, 0.05) is 10.9 Å². The first kappa shape index (κ1) is 13.6. The van der Waals surface area contributed by atoms with Gasteiger partial charge in [-0.3, -0.25) is 4.98 Å². The molecule has 0 bridgehead atoms. The van der Waals surface area contributed by atoms with E-state index in [1.165, 1.54) is 0 Å². The minimum absolute atomic E-state index is 0.519. The Kier molecular flexibility index (Phi) is 3.84. The molecule has 21 heavy (non-hydrogen) atoms. The van der Waals surface area contributed by atoms with E-state index in [9.17, 15) is 5.11 Å². The van der Waals surface area contributed by atoms with E-state index in [1.807, 2.05) is 61.5 Å². The summed E-state index contributed by atoms with van der Waals surface area (Å²) >= 11 is 0. The molecule has 1 N–H and O–H groups in total. The van der Waals surface area contributed by atoms with Crippen molar-refractivity contribution in [2.24, 2.45) is 0 Å². The molecule has 1 aromatic heterocycles. The van der Waals surface area contributed by atoms with Gasteiger partial charge >= 0.3 is 0 Å². The average molecular weight is 279 g/mol. The highest BCUT2D eigenvalue weighted by Crippen LogP contribution is 2.31. The van der Waals surface area contributed by atoms with Crippen molar-refractivity contribution < 1.29 is 9.84 Å². The first-order chi connectivity index (χ1) is 10.3. The van der Waals surface area contributed by atoms with Crippen LogP contribution in [0.1, 0.15) is 25.0 Å². The minimum atomic E-state index is -0.519. The minimum Gasteiger partial charge on any atom is -0.455 e. The topological polar surface area (TPSA) is 42.4 Å². The number of ether oxygens (including phenoxy) is 1. The maximum absolute atomic E-state index is 10.1. The molecule has 3 heteroatoms. The first-order valence-electron chi connectivity index (χ1n) is 7.07. The zero-order valence-corrected chi connectivity index (χ0v) is 11.9. The van der Waals surface area contributed by atoms with E-state index < -0.39 is 6.10 Å². The number of aliphatic hydroxyl groups excluding tert-OH is 1. The maximum Gasteiger partial charge on any atom is 0.146 e. The Hall–Kier alpha value is -2.39. The van der Waals surface area contributed by atoms with Gasteiger partial charge in [0.05, 0.1) is 17.8 Å². The predicted molar refractivity (Wildman–Crippen MR) is 83.5 cm³/mol. The molecule has 3 nitrogen and oxygen atoms in total. The van der Waals surface area contributed by atoms with Gasteiger partial charge in [0.15, 0.2) is 0 Å². The Bertz CT molecular complexity index is 755. The number of aromatic nitrogens is 1. The molecule has 1 unspecified atom stereocenters. The van der Waals surface area contributed by atoms with E-state index >= 15 is 0 Å². The second-order valence-electron chi connectivity index (χ2n) is 4.93. The van der Waals surface area contributed by atoms with Crippen LogP contribution in [0.5, 0.6) is 11.5 Å². The Morgan fingerprint density at radius 3 is 2.71 bits per heavy atom. The molecule has 0 aliphatic heterocycles. The summed E-state index contributed by atoms with van der Waals surface area (Å²) in [6, 6.07) is 17.4. The number of pyridine rings is 1. The lowest BCUT2D eigenvalue weighted by molar-refractivity contribution is 0.170. The van der Waals surface area contributed by atoms with Gasteiger partial charge < -0.3 is 9.84 Å². The van der Waals surface area contributed by atoms with Crippen molar-refractivity contribution in [3.63, 3.8) is 0 Å². The third-order valence-corrected chi connectivity index (χ3v) is 3.46. The molecule has 0 aliphatic rings. The molecule has 3 aromatic rings. The standard InChI is InChI=1S/C18H17NO2/c1-2-17(20)15-8-4-6-10-18(15)21-14-11-13-7-3-5-9-16(13)19-12-14/h3-12,17,20H,2H2,1H3. The monoisotopic (exact) mass is 279 g/mol. The van der Waals surface area contributed by atoms with Crippen LogP contribution in [0, 0.1) is 0 Å². The lowest BCUT2D eigenvalue weighted by atomic mass is 10.1. The fourth-order valence-electron chi connectivity index (χ4n) is 2.30. The van der Waals surface area contributed by atoms with Gasteiger partial charge in [0.2, 0.25) is 0 Å². The van der Waals surface area contributed by atoms with Crippen molar-refractivity contribution in [3.8, 4) is 11.5 Å². The molecule has 0 fully saturated rings. The summed E-state index contributed by atoms with van der Waals surface area (Å²) < 4.78 is 5.92. The maximum atomic E-state index is 10.1. The lowest BCUT2D eigenvalue weighted by Crippen LogP contribution is -1.98. The summed E-state index contributed by atoms with van der Waals surface area (Å²) in [4.78, 5) is 4.38. The summed E-state index contributed by atoms with van der Waals surface area (Å²) in [5, 5.41) is 11.1. The number of para-hydroxylation sites is 2. The molecule has 0 amide bonds. The number of benzene rings is 2. The van der Waals surface area contributed by atoms with Crippen molar-refractivity contribution in [1.29, 1.82) is 0 Å². The summed E-state index contributed by atoms with van der Waals surface area (Å²) in [7, 11) is 0. The molecule has 106 valence electrons. The van der Waals surface area contributed by atoms with Gasteiger partial charge in [0.1, 0.15) is 11.5 Å². The van der Waals surface area contributed by atoms with Crippen LogP contribution in [0.3, 0.4) is 0 Å². The van der Waals surface area contributed by atoms with Gasteiger partial charge in [-0.15, -0.1) is 0 Å². The highest BCUT2D eigenvalue weighted by atomic mass is 16.5. The lowest BCUT2D eigenvalue weighted by Gasteiger charge is -2.14. The summed E-state index contributed by atoms with van der Waals surface area (Å²) in [6.07, 6.45) is 1.84. The van der Waals surface area contributed by atoms with Crippen molar-refractivity contribution in [1.82, 2.24) is 4.98 Å². The third kappa shape index (κ3) is 2.88. The molecule has 1 heterocycles. The number of aliphatic hydroxyl groups is 1. The number of hydrogen-bond donors (Lipinski definition) is 1. The second kappa shape index (κ2) is 5.94. The van der Waals surface area contributed by atoms with Gasteiger partial charge in [0.25, 0.3) is 0 Å². The molecule has 0 saturated carbocycles. The average Bonchev–Trinajstić information content (AvgIpc) is 2.54. The van der Waals surface area contributed by atoms with E-state index in [1.54, 1.807) is 6.20 Å². The van der Waals surface area contributed by atoms with E-state index in [2.05, 4.69) is 4.98 Å². The van der Waals surface area contributed by atoms with Crippen LogP contribution in [0.4, 0.5) is 0 Å². The van der Waals surface area contributed by atoms with Crippen LogP contribution in [0.25, 0.3) is 10.9 Å². The van der Waals surface area contributed by atoms with Gasteiger partial charge in [-0.05, 0) is 24.6 Å². The highest BCUT2D eigenvalue weighted by molar-refractivity contribution is 5.79. The van der Waals surface area contributed by atoms with Crippen LogP contribution in [-0.2, 0) is 0 Å². The van der Waals surface area contributed by atoms with E-state index in [4.69, 9.17) is 4.74 Å². The summed E-state index contributed by atoms with van der Waals surface area (Å²) in [6.45, 7) is 1.94. The number of nitrogens with zero attached hydrogens (tertiary/aromatic N) is 1. The predicted octanol–water partition coefficient (Wildman–Crippen LogP) is 4.47. The molecular formula is C18H17NO2. The fourth-order valence-corrected chi connectivity index (χ4v) is 2.30. The first-order valence-corrected chi connectivity index (χ1v) is 7.07. The van der Waals surface area contributed by atoms with Crippen molar-refractivity contribution >= 4 is 10.9 Å². The van der Waals surface area contributed by atoms with E-state index in [0.717, 1.165) is 16.5 Å². The van der Waals surface area contributed by atoms with Crippen LogP contribution < -0.4 is 4.74 Å². The number of fused-ring (bicyclic) bond motifs is 1. The second-order valence-corrected chi connectivity index (χ2v) is 4.93. The molecule has 0 spiro atoms.